The van der Waals surface area contributed by atoms with Gasteiger partial charge in [0.05, 0.1) is 5.92 Å². The van der Waals surface area contributed by atoms with Crippen molar-refractivity contribution in [2.45, 2.75) is 12.8 Å². The van der Waals surface area contributed by atoms with Crippen molar-refractivity contribution in [1.29, 1.82) is 5.26 Å². The zero-order valence-electron chi connectivity index (χ0n) is 13.7. The monoisotopic (exact) mass is 352 g/mol. The Bertz CT molecular complexity index is 876. The van der Waals surface area contributed by atoms with Gasteiger partial charge in [0.1, 0.15) is 5.82 Å². The second kappa shape index (κ2) is 6.38. The van der Waals surface area contributed by atoms with E-state index in [1.165, 1.54) is 0 Å². The largest absolute Gasteiger partial charge is 0.310 e. The molecule has 1 aromatic heterocycles. The van der Waals surface area contributed by atoms with E-state index in [1.807, 2.05) is 30.3 Å². The van der Waals surface area contributed by atoms with Gasteiger partial charge in [-0.2, -0.15) is 5.26 Å². The maximum atomic E-state index is 12.9. The van der Waals surface area contributed by atoms with E-state index in [-0.39, 0.29) is 11.8 Å². The minimum Gasteiger partial charge on any atom is -0.310 e. The molecule has 2 aromatic rings. The van der Waals surface area contributed by atoms with Crippen molar-refractivity contribution in [2.75, 3.05) is 24.5 Å². The van der Waals surface area contributed by atoms with Crippen LogP contribution in [0.25, 0.3) is 11.1 Å². The second-order valence-corrected chi connectivity index (χ2v) is 6.88. The Morgan fingerprint density at radius 3 is 2.96 bits per heavy atom. The molecule has 126 valence electrons. The fraction of sp³-hybridized carbons (Fsp3) is 0.316. The molecule has 0 radical (unpaired) electrons. The molecule has 1 atom stereocenters. The second-order valence-electron chi connectivity index (χ2n) is 6.44. The van der Waals surface area contributed by atoms with Crippen molar-refractivity contribution in [3.63, 3.8) is 0 Å². The Kier molecular flexibility index (Phi) is 4.06. The third-order valence-electron chi connectivity index (χ3n) is 4.95. The van der Waals surface area contributed by atoms with Crippen LogP contribution in [-0.4, -0.2) is 35.4 Å². The Labute approximate surface area is 151 Å². The van der Waals surface area contributed by atoms with Gasteiger partial charge in [0.15, 0.2) is 6.19 Å². The summed E-state index contributed by atoms with van der Waals surface area (Å²) in [5, 5.41) is 9.69. The maximum absolute atomic E-state index is 12.9. The summed E-state index contributed by atoms with van der Waals surface area (Å²) in [5.74, 6) is 0.701. The molecule has 0 bridgehead atoms. The number of amides is 1. The fourth-order valence-corrected chi connectivity index (χ4v) is 3.89. The molecule has 1 amide bonds. The van der Waals surface area contributed by atoms with Crippen LogP contribution in [0.2, 0.25) is 5.02 Å². The summed E-state index contributed by atoms with van der Waals surface area (Å²) in [6, 6.07) is 9.71. The van der Waals surface area contributed by atoms with E-state index in [0.29, 0.717) is 24.7 Å². The summed E-state index contributed by atoms with van der Waals surface area (Å²) >= 11 is 6.13. The molecule has 0 N–H and O–H groups in total. The van der Waals surface area contributed by atoms with Gasteiger partial charge in [-0.1, -0.05) is 23.7 Å². The topological polar surface area (TPSA) is 60.2 Å². The summed E-state index contributed by atoms with van der Waals surface area (Å²) in [6.45, 7) is 1.81. The number of hydrogen-bond acceptors (Lipinski definition) is 4. The first kappa shape index (κ1) is 15.9. The first-order valence-electron chi connectivity index (χ1n) is 8.37. The van der Waals surface area contributed by atoms with Crippen LogP contribution in [0.4, 0.5) is 5.82 Å². The number of hydrogen-bond donors (Lipinski definition) is 0. The van der Waals surface area contributed by atoms with Gasteiger partial charge >= 0.3 is 0 Å². The molecule has 1 fully saturated rings. The van der Waals surface area contributed by atoms with Crippen LogP contribution in [0.1, 0.15) is 12.0 Å². The average molecular weight is 353 g/mol. The molecule has 4 rings (SSSR count). The van der Waals surface area contributed by atoms with Gasteiger partial charge in [0.2, 0.25) is 5.91 Å². The Morgan fingerprint density at radius 2 is 2.20 bits per heavy atom. The van der Waals surface area contributed by atoms with Gasteiger partial charge in [-0.05, 0) is 42.2 Å². The van der Waals surface area contributed by atoms with Crippen LogP contribution in [0.3, 0.4) is 0 Å². The number of benzene rings is 1. The van der Waals surface area contributed by atoms with Gasteiger partial charge in [-0.25, -0.2) is 4.98 Å². The Hall–Kier alpha value is -2.58. The lowest BCUT2D eigenvalue weighted by Gasteiger charge is -2.20. The van der Waals surface area contributed by atoms with E-state index < -0.39 is 0 Å². The molecule has 1 saturated heterocycles. The highest BCUT2D eigenvalue weighted by Crippen LogP contribution is 2.36. The minimum atomic E-state index is -0.123. The summed E-state index contributed by atoms with van der Waals surface area (Å²) in [4.78, 5) is 20.8. The summed E-state index contributed by atoms with van der Waals surface area (Å²) in [6.07, 6.45) is 5.39. The van der Waals surface area contributed by atoms with E-state index in [9.17, 15) is 4.79 Å². The number of pyridine rings is 1. The number of fused-ring (bicyclic) bond motifs is 1. The van der Waals surface area contributed by atoms with Crippen LogP contribution >= 0.6 is 11.6 Å². The summed E-state index contributed by atoms with van der Waals surface area (Å²) in [5.41, 5.74) is 3.21. The van der Waals surface area contributed by atoms with E-state index in [1.54, 1.807) is 16.0 Å². The summed E-state index contributed by atoms with van der Waals surface area (Å²) < 4.78 is 0. The SMILES string of the molecule is N#CN1CC[C@H](C(=O)N2CCc3c(-c4cccc(Cl)c4)ccnc32)C1. The number of halogens is 1. The predicted molar refractivity (Wildman–Crippen MR) is 96.0 cm³/mol. The van der Waals surface area contributed by atoms with E-state index in [2.05, 4.69) is 11.2 Å². The van der Waals surface area contributed by atoms with Crippen LogP contribution in [-0.2, 0) is 11.2 Å². The number of anilines is 1. The molecular formula is C19H17ClN4O. The standard InChI is InChI=1S/C19H17ClN4O/c20-15-3-1-2-13(10-15)16-4-7-22-18-17(16)6-9-24(18)19(25)14-5-8-23(11-14)12-21/h1-4,7,10,14H,5-6,8-9,11H2/t14-/m0/s1. The maximum Gasteiger partial charge on any atom is 0.233 e. The number of rotatable bonds is 2. The molecule has 0 saturated carbocycles. The lowest BCUT2D eigenvalue weighted by molar-refractivity contribution is -0.121. The molecule has 6 heteroatoms. The highest BCUT2D eigenvalue weighted by molar-refractivity contribution is 6.30. The van der Waals surface area contributed by atoms with Crippen LogP contribution in [0.5, 0.6) is 0 Å². The van der Waals surface area contributed by atoms with Crippen LogP contribution in [0, 0.1) is 17.4 Å². The third-order valence-corrected chi connectivity index (χ3v) is 5.19. The number of nitrogens with zero attached hydrogens (tertiary/aromatic N) is 4. The molecule has 1 aromatic carbocycles. The first-order chi connectivity index (χ1) is 12.2. The zero-order valence-corrected chi connectivity index (χ0v) is 14.4. The Balaban J connectivity index is 1.65. The number of carbonyl (C=O) groups is 1. The van der Waals surface area contributed by atoms with Crippen molar-refractivity contribution >= 4 is 23.3 Å². The molecular weight excluding hydrogens is 336 g/mol. The van der Waals surface area contributed by atoms with Gasteiger partial charge in [-0.15, -0.1) is 0 Å². The predicted octanol–water partition coefficient (Wildman–Crippen LogP) is 3.09. The van der Waals surface area contributed by atoms with E-state index in [4.69, 9.17) is 16.9 Å². The van der Waals surface area contributed by atoms with Gasteiger partial charge in [0, 0.05) is 36.4 Å². The number of nitriles is 1. The smallest absolute Gasteiger partial charge is 0.233 e. The van der Waals surface area contributed by atoms with Gasteiger partial charge < -0.3 is 4.90 Å². The van der Waals surface area contributed by atoms with E-state index >= 15 is 0 Å². The number of likely N-dealkylation sites (tertiary alicyclic amines) is 1. The van der Waals surface area contributed by atoms with Gasteiger partial charge in [-0.3, -0.25) is 9.69 Å². The number of carbonyl (C=O) groups excluding carboxylic acids is 1. The molecule has 0 spiro atoms. The lowest BCUT2D eigenvalue weighted by Crippen LogP contribution is -2.36. The fourth-order valence-electron chi connectivity index (χ4n) is 3.70. The molecule has 5 nitrogen and oxygen atoms in total. The average Bonchev–Trinajstić information content (AvgIpc) is 3.28. The van der Waals surface area contributed by atoms with E-state index in [0.717, 1.165) is 35.3 Å². The zero-order chi connectivity index (χ0) is 17.4. The third kappa shape index (κ3) is 2.83. The van der Waals surface area contributed by atoms with Gasteiger partial charge in [0.25, 0.3) is 0 Å². The van der Waals surface area contributed by atoms with Crippen LogP contribution in [0.15, 0.2) is 36.5 Å². The first-order valence-corrected chi connectivity index (χ1v) is 8.75. The van der Waals surface area contributed by atoms with Crippen molar-refractivity contribution in [3.8, 4) is 17.3 Å². The molecule has 2 aliphatic heterocycles. The lowest BCUT2D eigenvalue weighted by atomic mass is 10.0. The molecule has 3 heterocycles. The molecule has 2 aliphatic rings. The normalized spacial score (nSPS) is 19.0. The van der Waals surface area contributed by atoms with Crippen molar-refractivity contribution in [1.82, 2.24) is 9.88 Å². The molecule has 0 unspecified atom stereocenters. The molecule has 25 heavy (non-hydrogen) atoms. The number of aromatic nitrogens is 1. The minimum absolute atomic E-state index is 0.0762. The van der Waals surface area contributed by atoms with Crippen LogP contribution < -0.4 is 4.90 Å². The highest BCUT2D eigenvalue weighted by Gasteiger charge is 2.35. The highest BCUT2D eigenvalue weighted by atomic mass is 35.5. The van der Waals surface area contributed by atoms with Crippen molar-refractivity contribution in [2.24, 2.45) is 5.92 Å². The quantitative estimate of drug-likeness (QED) is 0.779. The molecule has 0 aliphatic carbocycles. The van der Waals surface area contributed by atoms with Crippen molar-refractivity contribution < 1.29 is 4.79 Å². The van der Waals surface area contributed by atoms with Crippen molar-refractivity contribution in [3.05, 3.63) is 47.1 Å². The summed E-state index contributed by atoms with van der Waals surface area (Å²) in [7, 11) is 0. The Morgan fingerprint density at radius 1 is 1.32 bits per heavy atom.